The summed E-state index contributed by atoms with van der Waals surface area (Å²) in [6.45, 7) is 6.82. The quantitative estimate of drug-likeness (QED) is 0.603. The van der Waals surface area contributed by atoms with E-state index in [1.165, 1.54) is 11.3 Å². The summed E-state index contributed by atoms with van der Waals surface area (Å²) in [5.74, 6) is 0.999. The lowest BCUT2D eigenvalue weighted by atomic mass is 9.96. The van der Waals surface area contributed by atoms with Crippen LogP contribution in [0.1, 0.15) is 42.1 Å². The average molecular weight is 442 g/mol. The molecule has 1 N–H and O–H groups in total. The van der Waals surface area contributed by atoms with Crippen molar-refractivity contribution in [1.29, 1.82) is 0 Å². The summed E-state index contributed by atoms with van der Waals surface area (Å²) in [6, 6.07) is 9.91. The average Bonchev–Trinajstić information content (AvgIpc) is 3.31. The number of hydrogen-bond acceptors (Lipinski definition) is 7. The minimum absolute atomic E-state index is 0.0597. The third-order valence-electron chi connectivity index (χ3n) is 5.54. The molecule has 0 aliphatic carbocycles. The highest BCUT2D eigenvalue weighted by molar-refractivity contribution is 7.15. The zero-order valence-corrected chi connectivity index (χ0v) is 18.6. The Hall–Kier alpha value is -2.85. The van der Waals surface area contributed by atoms with Gasteiger partial charge in [0.1, 0.15) is 10.8 Å². The van der Waals surface area contributed by atoms with Gasteiger partial charge in [0, 0.05) is 12.5 Å². The molecule has 1 fully saturated rings. The van der Waals surface area contributed by atoms with Gasteiger partial charge >= 0.3 is 5.69 Å². The Balaban J connectivity index is 1.37. The van der Waals surface area contributed by atoms with E-state index in [1.54, 1.807) is 9.25 Å². The topological polar surface area (TPSA) is 97.9 Å². The Morgan fingerprint density at radius 1 is 1.19 bits per heavy atom. The highest BCUT2D eigenvalue weighted by Gasteiger charge is 2.27. The van der Waals surface area contributed by atoms with Crippen LogP contribution in [0.2, 0.25) is 0 Å². The minimum atomic E-state index is -0.0767. The summed E-state index contributed by atoms with van der Waals surface area (Å²) in [4.78, 5) is 27.3. The number of carbonyl (C=O) groups excluding carboxylic acids is 1. The predicted molar refractivity (Wildman–Crippen MR) is 119 cm³/mol. The highest BCUT2D eigenvalue weighted by Crippen LogP contribution is 2.26. The van der Waals surface area contributed by atoms with Crippen molar-refractivity contribution < 1.29 is 4.79 Å². The van der Waals surface area contributed by atoms with Gasteiger partial charge < -0.3 is 0 Å². The third kappa shape index (κ3) is 5.08. The minimum Gasteiger partial charge on any atom is -0.299 e. The summed E-state index contributed by atoms with van der Waals surface area (Å²) >= 11 is 1.37. The van der Waals surface area contributed by atoms with Gasteiger partial charge in [-0.05, 0) is 45.3 Å². The molecule has 0 saturated carbocycles. The van der Waals surface area contributed by atoms with Gasteiger partial charge in [0.2, 0.25) is 11.0 Å². The smallest absolute Gasteiger partial charge is 0.299 e. The Bertz CT molecular complexity index is 1080. The van der Waals surface area contributed by atoms with E-state index in [9.17, 15) is 9.59 Å². The van der Waals surface area contributed by atoms with Crippen LogP contribution in [0.4, 0.5) is 5.13 Å². The first-order chi connectivity index (χ1) is 15.0. The van der Waals surface area contributed by atoms with Crippen LogP contribution < -0.4 is 11.0 Å². The maximum absolute atomic E-state index is 12.8. The predicted octanol–water partition coefficient (Wildman–Crippen LogP) is 2.09. The molecule has 1 aliphatic rings. The first-order valence-electron chi connectivity index (χ1n) is 10.6. The number of nitrogens with one attached hydrogen (secondary N) is 1. The molecule has 0 atom stereocenters. The van der Waals surface area contributed by atoms with Crippen LogP contribution in [0.15, 0.2) is 35.1 Å². The maximum atomic E-state index is 12.8. The number of aryl methyl sites for hydroxylation is 1. The van der Waals surface area contributed by atoms with Crippen molar-refractivity contribution in [2.75, 3.05) is 25.0 Å². The maximum Gasteiger partial charge on any atom is 0.346 e. The van der Waals surface area contributed by atoms with Crippen molar-refractivity contribution in [3.05, 3.63) is 57.2 Å². The van der Waals surface area contributed by atoms with Crippen molar-refractivity contribution in [2.24, 2.45) is 0 Å². The van der Waals surface area contributed by atoms with Gasteiger partial charge in [-0.25, -0.2) is 9.48 Å². The summed E-state index contributed by atoms with van der Waals surface area (Å²) in [5, 5.41) is 16.7. The Morgan fingerprint density at radius 3 is 2.58 bits per heavy atom. The lowest BCUT2D eigenvalue weighted by Gasteiger charge is -2.30. The summed E-state index contributed by atoms with van der Waals surface area (Å²) < 4.78 is 3.35. The van der Waals surface area contributed by atoms with Crippen LogP contribution in [0.25, 0.3) is 0 Å². The van der Waals surface area contributed by atoms with Gasteiger partial charge in [0.25, 0.3) is 0 Å². The Labute approximate surface area is 184 Å². The number of piperidine rings is 1. The second-order valence-corrected chi connectivity index (χ2v) is 8.93. The molecule has 3 heterocycles. The molecule has 3 aromatic rings. The fourth-order valence-electron chi connectivity index (χ4n) is 3.97. The molecular weight excluding hydrogens is 414 g/mol. The lowest BCUT2D eigenvalue weighted by Crippen LogP contribution is -2.39. The molecule has 0 bridgehead atoms. The van der Waals surface area contributed by atoms with Gasteiger partial charge in [0.05, 0.1) is 13.1 Å². The van der Waals surface area contributed by atoms with E-state index >= 15 is 0 Å². The molecule has 10 heteroatoms. The van der Waals surface area contributed by atoms with E-state index in [1.807, 2.05) is 44.2 Å². The second-order valence-electron chi connectivity index (χ2n) is 7.75. The summed E-state index contributed by atoms with van der Waals surface area (Å²) in [5.41, 5.74) is 0.999. The number of rotatable bonds is 7. The zero-order valence-electron chi connectivity index (χ0n) is 17.8. The van der Waals surface area contributed by atoms with Crippen LogP contribution in [-0.4, -0.2) is 55.0 Å². The second kappa shape index (κ2) is 9.52. The molecule has 0 unspecified atom stereocenters. The normalized spacial score (nSPS) is 15.3. The van der Waals surface area contributed by atoms with E-state index in [-0.39, 0.29) is 17.5 Å². The summed E-state index contributed by atoms with van der Waals surface area (Å²) in [7, 11) is 0. The SMILES string of the molecule is CCn1c(C2CCN(CC(=O)Nc3nnc(C)s3)CC2)nn(Cc2ccccc2)c1=O. The number of anilines is 1. The molecular formula is C21H27N7O2S. The van der Waals surface area contributed by atoms with E-state index in [0.29, 0.717) is 24.8 Å². The number of aromatic nitrogens is 5. The van der Waals surface area contributed by atoms with E-state index < -0.39 is 0 Å². The molecule has 0 radical (unpaired) electrons. The van der Waals surface area contributed by atoms with Gasteiger partial charge in [-0.1, -0.05) is 41.7 Å². The van der Waals surface area contributed by atoms with Gasteiger partial charge in [-0.15, -0.1) is 10.2 Å². The number of likely N-dealkylation sites (tertiary alicyclic amines) is 1. The van der Waals surface area contributed by atoms with E-state index in [0.717, 1.165) is 42.3 Å². The Kier molecular flexibility index (Phi) is 6.57. The molecule has 1 aliphatic heterocycles. The molecule has 4 rings (SSSR count). The van der Waals surface area contributed by atoms with Crippen molar-refractivity contribution >= 4 is 22.4 Å². The largest absolute Gasteiger partial charge is 0.346 e. The molecule has 1 amide bonds. The number of amides is 1. The van der Waals surface area contributed by atoms with Gasteiger partial charge in [0.15, 0.2) is 0 Å². The molecule has 1 saturated heterocycles. The molecule has 1 aromatic carbocycles. The van der Waals surface area contributed by atoms with Crippen LogP contribution >= 0.6 is 11.3 Å². The van der Waals surface area contributed by atoms with Crippen molar-refractivity contribution in [3.8, 4) is 0 Å². The van der Waals surface area contributed by atoms with Crippen molar-refractivity contribution in [2.45, 2.75) is 45.7 Å². The first-order valence-corrected chi connectivity index (χ1v) is 11.4. The van der Waals surface area contributed by atoms with Gasteiger partial charge in [-0.2, -0.15) is 5.10 Å². The van der Waals surface area contributed by atoms with Crippen LogP contribution in [-0.2, 0) is 17.9 Å². The fourth-order valence-corrected chi connectivity index (χ4v) is 4.58. The van der Waals surface area contributed by atoms with Crippen LogP contribution in [0.5, 0.6) is 0 Å². The van der Waals surface area contributed by atoms with Gasteiger partial charge in [-0.3, -0.25) is 19.6 Å². The highest BCUT2D eigenvalue weighted by atomic mass is 32.1. The lowest BCUT2D eigenvalue weighted by molar-refractivity contribution is -0.117. The summed E-state index contributed by atoms with van der Waals surface area (Å²) in [6.07, 6.45) is 1.74. The van der Waals surface area contributed by atoms with Crippen molar-refractivity contribution in [3.63, 3.8) is 0 Å². The third-order valence-corrected chi connectivity index (χ3v) is 6.29. The molecule has 31 heavy (non-hydrogen) atoms. The van der Waals surface area contributed by atoms with E-state index in [2.05, 4.69) is 20.4 Å². The fraction of sp³-hybridized carbons (Fsp3) is 0.476. The molecule has 2 aromatic heterocycles. The van der Waals surface area contributed by atoms with E-state index in [4.69, 9.17) is 5.10 Å². The monoisotopic (exact) mass is 441 g/mol. The number of carbonyl (C=O) groups is 1. The van der Waals surface area contributed by atoms with Crippen LogP contribution in [0.3, 0.4) is 0 Å². The first kappa shape index (κ1) is 21.4. The molecule has 0 spiro atoms. The Morgan fingerprint density at radius 2 is 1.94 bits per heavy atom. The molecule has 9 nitrogen and oxygen atoms in total. The number of nitrogens with zero attached hydrogens (tertiary/aromatic N) is 6. The standard InChI is InChI=1S/C21H27N7O2S/c1-3-27-19(25-28(21(27)30)13-16-7-5-4-6-8-16)17-9-11-26(12-10-17)14-18(29)22-20-24-23-15(2)31-20/h4-8,17H,3,9-14H2,1-2H3,(H,22,24,29). The molecule has 164 valence electrons. The number of hydrogen-bond donors (Lipinski definition) is 1. The van der Waals surface area contributed by atoms with Crippen molar-refractivity contribution in [1.82, 2.24) is 29.4 Å². The zero-order chi connectivity index (χ0) is 21.8. The number of benzene rings is 1. The van der Waals surface area contributed by atoms with Crippen LogP contribution in [0, 0.1) is 6.92 Å².